The molecule has 0 spiro atoms. The lowest BCUT2D eigenvalue weighted by Crippen LogP contribution is -2.27. The summed E-state index contributed by atoms with van der Waals surface area (Å²) in [4.78, 5) is 30.2. The van der Waals surface area contributed by atoms with Crippen molar-refractivity contribution in [1.82, 2.24) is 4.98 Å². The third-order valence-corrected chi connectivity index (χ3v) is 5.55. The van der Waals surface area contributed by atoms with Crippen LogP contribution in [0, 0.1) is 11.8 Å². The lowest BCUT2D eigenvalue weighted by Gasteiger charge is -2.25. The van der Waals surface area contributed by atoms with E-state index in [4.69, 9.17) is 0 Å². The molecule has 28 heavy (non-hydrogen) atoms. The van der Waals surface area contributed by atoms with E-state index in [0.717, 1.165) is 25.1 Å². The van der Waals surface area contributed by atoms with Gasteiger partial charge in [-0.1, -0.05) is 31.2 Å². The van der Waals surface area contributed by atoms with Crippen LogP contribution < -0.4 is 0 Å². The second-order valence-electron chi connectivity index (χ2n) is 7.43. The quantitative estimate of drug-likeness (QED) is 0.739. The maximum absolute atomic E-state index is 13.1. The molecule has 1 aromatic heterocycles. The van der Waals surface area contributed by atoms with Crippen molar-refractivity contribution in [2.45, 2.75) is 32.4 Å². The molecular weight excluding hydrogens is 367 g/mol. The second kappa shape index (κ2) is 6.69. The molecule has 0 N–H and O–H groups in total. The van der Waals surface area contributed by atoms with Crippen molar-refractivity contribution in [3.05, 3.63) is 76.1 Å². The molecule has 0 radical (unpaired) electrons. The first-order valence-electron chi connectivity index (χ1n) is 9.21. The average Bonchev–Trinajstić information content (AvgIpc) is 3.51. The summed E-state index contributed by atoms with van der Waals surface area (Å²) in [5.41, 5.74) is 1.10. The molecule has 2 aromatic rings. The number of carbonyl (C=O) groups excluding carboxylic acids is 2. The van der Waals surface area contributed by atoms with Crippen molar-refractivity contribution in [2.24, 2.45) is 11.8 Å². The number of allylic oxidation sites excluding steroid dienone is 2. The number of nitrogens with zero attached hydrogens (tertiary/aromatic N) is 1. The maximum atomic E-state index is 13.1. The minimum Gasteiger partial charge on any atom is -0.289 e. The number of hydrogen-bond donors (Lipinski definition) is 0. The topological polar surface area (TPSA) is 47.0 Å². The fourth-order valence-electron chi connectivity index (χ4n) is 3.81. The van der Waals surface area contributed by atoms with E-state index in [9.17, 15) is 22.8 Å². The molecule has 1 atom stereocenters. The van der Waals surface area contributed by atoms with Crippen molar-refractivity contribution in [2.75, 3.05) is 0 Å². The van der Waals surface area contributed by atoms with Gasteiger partial charge in [-0.3, -0.25) is 14.6 Å². The zero-order valence-electron chi connectivity index (χ0n) is 15.2. The third kappa shape index (κ3) is 3.28. The minimum atomic E-state index is -4.47. The van der Waals surface area contributed by atoms with Crippen molar-refractivity contribution < 1.29 is 22.8 Å². The van der Waals surface area contributed by atoms with Crippen LogP contribution in [0.3, 0.4) is 0 Å². The normalized spacial score (nSPS) is 18.3. The number of rotatable bonds is 4. The van der Waals surface area contributed by atoms with Gasteiger partial charge in [0.25, 0.3) is 0 Å². The van der Waals surface area contributed by atoms with Crippen LogP contribution in [0.2, 0.25) is 0 Å². The molecule has 3 nitrogen and oxygen atoms in total. The summed E-state index contributed by atoms with van der Waals surface area (Å²) >= 11 is 0. The average molecular weight is 385 g/mol. The summed E-state index contributed by atoms with van der Waals surface area (Å²) in [5.74, 6) is -0.0854. The molecule has 1 unspecified atom stereocenters. The van der Waals surface area contributed by atoms with Crippen LogP contribution in [0.25, 0.3) is 0 Å². The summed E-state index contributed by atoms with van der Waals surface area (Å²) in [5, 5.41) is 0. The van der Waals surface area contributed by atoms with Gasteiger partial charge in [-0.2, -0.15) is 13.2 Å². The van der Waals surface area contributed by atoms with Gasteiger partial charge in [0.15, 0.2) is 11.6 Å². The Morgan fingerprint density at radius 2 is 1.68 bits per heavy atom. The number of halogens is 3. The molecule has 1 fully saturated rings. The smallest absolute Gasteiger partial charge is 0.289 e. The molecule has 4 rings (SSSR count). The van der Waals surface area contributed by atoms with Gasteiger partial charge in [0, 0.05) is 40.6 Å². The number of ketones is 2. The van der Waals surface area contributed by atoms with Crippen LogP contribution in [-0.4, -0.2) is 16.6 Å². The van der Waals surface area contributed by atoms with Crippen molar-refractivity contribution in [1.29, 1.82) is 0 Å². The molecule has 1 heterocycles. The predicted molar refractivity (Wildman–Crippen MR) is 97.0 cm³/mol. The number of hydrogen-bond acceptors (Lipinski definition) is 3. The fraction of sp³-hybridized carbons (Fsp3) is 0.318. The van der Waals surface area contributed by atoms with E-state index in [1.54, 1.807) is 24.3 Å². The fourth-order valence-corrected chi connectivity index (χ4v) is 3.81. The molecular formula is C22H18F3NO2. The number of alkyl halides is 3. The molecule has 0 bridgehead atoms. The van der Waals surface area contributed by atoms with Crippen molar-refractivity contribution in [3.8, 4) is 0 Å². The lowest BCUT2D eigenvalue weighted by atomic mass is 9.76. The first-order valence-corrected chi connectivity index (χ1v) is 9.21. The molecule has 1 saturated carbocycles. The van der Waals surface area contributed by atoms with Gasteiger partial charge in [-0.05, 0) is 36.8 Å². The van der Waals surface area contributed by atoms with E-state index in [0.29, 0.717) is 33.9 Å². The van der Waals surface area contributed by atoms with Crippen LogP contribution in [-0.2, 0) is 12.6 Å². The first-order chi connectivity index (χ1) is 13.3. The van der Waals surface area contributed by atoms with Crippen LogP contribution in [0.1, 0.15) is 51.7 Å². The summed E-state index contributed by atoms with van der Waals surface area (Å²) in [6, 6.07) is 8.93. The van der Waals surface area contributed by atoms with Crippen LogP contribution >= 0.6 is 0 Å². The minimum absolute atomic E-state index is 0.0451. The van der Waals surface area contributed by atoms with Gasteiger partial charge >= 0.3 is 6.18 Å². The zero-order chi connectivity index (χ0) is 20.1. The van der Waals surface area contributed by atoms with Crippen LogP contribution in [0.4, 0.5) is 13.2 Å². The Labute approximate surface area is 160 Å². The SMILES string of the molecule is CC(C1=C(Cc2ccc(C(F)(F)F)cn2)C(=O)c2ccccc2C1=O)C1CC1. The highest BCUT2D eigenvalue weighted by atomic mass is 19.4. The molecule has 0 amide bonds. The van der Waals surface area contributed by atoms with E-state index in [1.807, 2.05) is 6.92 Å². The number of aromatic nitrogens is 1. The predicted octanol–water partition coefficient (Wildman–Crippen LogP) is 5.06. The number of pyridine rings is 1. The summed E-state index contributed by atoms with van der Waals surface area (Å²) < 4.78 is 38.3. The van der Waals surface area contributed by atoms with E-state index in [1.165, 1.54) is 6.07 Å². The van der Waals surface area contributed by atoms with E-state index < -0.39 is 11.7 Å². The highest BCUT2D eigenvalue weighted by Gasteiger charge is 2.40. The van der Waals surface area contributed by atoms with E-state index in [2.05, 4.69) is 4.98 Å². The Morgan fingerprint density at radius 3 is 2.21 bits per heavy atom. The maximum Gasteiger partial charge on any atom is 0.417 e. The third-order valence-electron chi connectivity index (χ3n) is 5.55. The van der Waals surface area contributed by atoms with Crippen LogP contribution in [0.15, 0.2) is 53.7 Å². The monoisotopic (exact) mass is 385 g/mol. The Balaban J connectivity index is 1.75. The highest BCUT2D eigenvalue weighted by molar-refractivity contribution is 6.27. The number of benzene rings is 1. The van der Waals surface area contributed by atoms with Crippen molar-refractivity contribution in [3.63, 3.8) is 0 Å². The Kier molecular flexibility index (Phi) is 4.44. The second-order valence-corrected chi connectivity index (χ2v) is 7.43. The summed E-state index contributed by atoms with van der Waals surface area (Å²) in [6.45, 7) is 1.95. The molecule has 1 aromatic carbocycles. The van der Waals surface area contributed by atoms with E-state index in [-0.39, 0.29) is 23.9 Å². The number of carbonyl (C=O) groups is 2. The van der Waals surface area contributed by atoms with Gasteiger partial charge < -0.3 is 0 Å². The molecule has 6 heteroatoms. The Bertz CT molecular complexity index is 986. The Morgan fingerprint density at radius 1 is 1.04 bits per heavy atom. The van der Waals surface area contributed by atoms with E-state index >= 15 is 0 Å². The zero-order valence-corrected chi connectivity index (χ0v) is 15.2. The van der Waals surface area contributed by atoms with Gasteiger partial charge in [0.1, 0.15) is 0 Å². The molecule has 0 saturated heterocycles. The highest BCUT2D eigenvalue weighted by Crippen LogP contribution is 2.44. The van der Waals surface area contributed by atoms with Gasteiger partial charge in [0.2, 0.25) is 0 Å². The number of Topliss-reactive ketones (excluding diaryl/α,β-unsaturated/α-hetero) is 2. The van der Waals surface area contributed by atoms with Gasteiger partial charge in [0.05, 0.1) is 5.56 Å². The van der Waals surface area contributed by atoms with Gasteiger partial charge in [-0.25, -0.2) is 0 Å². The van der Waals surface area contributed by atoms with Crippen LogP contribution in [0.5, 0.6) is 0 Å². The standard InChI is InChI=1S/C22H18F3NO2/c1-12(13-6-7-13)19-18(10-15-9-8-14(11-26-15)22(23,24)25)20(27)16-4-2-3-5-17(16)21(19)28/h2-5,8-9,11-13H,6-7,10H2,1H3. The first kappa shape index (κ1) is 18.6. The summed E-state index contributed by atoms with van der Waals surface area (Å²) in [6.07, 6.45) is -1.63. The van der Waals surface area contributed by atoms with Gasteiger partial charge in [-0.15, -0.1) is 0 Å². The molecule has 0 aliphatic heterocycles. The molecule has 144 valence electrons. The lowest BCUT2D eigenvalue weighted by molar-refractivity contribution is -0.137. The molecule has 2 aliphatic carbocycles. The largest absolute Gasteiger partial charge is 0.417 e. The molecule has 2 aliphatic rings. The summed E-state index contributed by atoms with van der Waals surface area (Å²) in [7, 11) is 0. The van der Waals surface area contributed by atoms with Crippen molar-refractivity contribution >= 4 is 11.6 Å². The number of fused-ring (bicyclic) bond motifs is 1. The Hall–Kier alpha value is -2.76.